The van der Waals surface area contributed by atoms with Crippen molar-refractivity contribution in [2.24, 2.45) is 0 Å². The summed E-state index contributed by atoms with van der Waals surface area (Å²) >= 11 is 0. The summed E-state index contributed by atoms with van der Waals surface area (Å²) in [4.78, 5) is 4.40. The standard InChI is InChI=1S/C15H15N7O/c1-2-23-9-8-12-13(11-6-4-3-5-7-11)21-15(18-19-20-21)22-14(12)16-10-17-22/h3-7,10H,2,8-9H2,1H3. The molecule has 1 aromatic carbocycles. The molecule has 0 saturated heterocycles. The maximum atomic E-state index is 5.53. The monoisotopic (exact) mass is 309 g/mol. The van der Waals surface area contributed by atoms with Crippen molar-refractivity contribution in [1.82, 2.24) is 34.6 Å². The number of hydrogen-bond acceptors (Lipinski definition) is 6. The molecule has 0 amide bonds. The van der Waals surface area contributed by atoms with Crippen molar-refractivity contribution in [2.45, 2.75) is 13.3 Å². The van der Waals surface area contributed by atoms with E-state index in [1.54, 1.807) is 9.03 Å². The van der Waals surface area contributed by atoms with Crippen LogP contribution in [0.4, 0.5) is 0 Å². The van der Waals surface area contributed by atoms with Crippen molar-refractivity contribution in [2.75, 3.05) is 13.2 Å². The molecule has 0 bridgehead atoms. The topological polar surface area (TPSA) is 82.5 Å². The van der Waals surface area contributed by atoms with Crippen LogP contribution < -0.4 is 0 Å². The van der Waals surface area contributed by atoms with Gasteiger partial charge < -0.3 is 4.74 Å². The van der Waals surface area contributed by atoms with E-state index in [0.29, 0.717) is 25.4 Å². The van der Waals surface area contributed by atoms with Gasteiger partial charge in [0.05, 0.1) is 12.3 Å². The maximum Gasteiger partial charge on any atom is 0.277 e. The molecule has 0 aliphatic carbocycles. The van der Waals surface area contributed by atoms with Gasteiger partial charge in [-0.1, -0.05) is 35.4 Å². The smallest absolute Gasteiger partial charge is 0.277 e. The van der Waals surface area contributed by atoms with Gasteiger partial charge in [-0.25, -0.2) is 4.98 Å². The largest absolute Gasteiger partial charge is 0.381 e. The first-order chi connectivity index (χ1) is 11.4. The fraction of sp³-hybridized carbons (Fsp3) is 0.267. The van der Waals surface area contributed by atoms with Crippen molar-refractivity contribution < 1.29 is 4.74 Å². The molecule has 0 saturated carbocycles. The van der Waals surface area contributed by atoms with Crippen LogP contribution in [-0.4, -0.2) is 47.9 Å². The first kappa shape index (κ1) is 13.8. The number of nitrogens with zero attached hydrogens (tertiary/aromatic N) is 7. The van der Waals surface area contributed by atoms with Crippen LogP contribution >= 0.6 is 0 Å². The quantitative estimate of drug-likeness (QED) is 0.518. The number of hydrogen-bond donors (Lipinski definition) is 0. The van der Waals surface area contributed by atoms with Crippen LogP contribution in [0, 0.1) is 0 Å². The molecule has 0 unspecified atom stereocenters. The predicted octanol–water partition coefficient (Wildman–Crippen LogP) is 1.41. The zero-order valence-electron chi connectivity index (χ0n) is 12.6. The highest BCUT2D eigenvalue weighted by atomic mass is 16.5. The highest BCUT2D eigenvalue weighted by molar-refractivity contribution is 5.72. The second-order valence-electron chi connectivity index (χ2n) is 5.03. The van der Waals surface area contributed by atoms with Crippen molar-refractivity contribution in [3.8, 4) is 11.3 Å². The van der Waals surface area contributed by atoms with Gasteiger partial charge in [-0.2, -0.15) is 14.1 Å². The Balaban J connectivity index is 2.02. The van der Waals surface area contributed by atoms with E-state index in [1.165, 1.54) is 6.33 Å². The fourth-order valence-corrected chi connectivity index (χ4v) is 2.73. The maximum absolute atomic E-state index is 5.53. The lowest BCUT2D eigenvalue weighted by Gasteiger charge is -2.12. The Bertz CT molecular complexity index is 944. The molecule has 0 atom stereocenters. The van der Waals surface area contributed by atoms with Crippen LogP contribution in [0.5, 0.6) is 0 Å². The van der Waals surface area contributed by atoms with E-state index < -0.39 is 0 Å². The number of benzene rings is 1. The first-order valence-corrected chi connectivity index (χ1v) is 7.46. The van der Waals surface area contributed by atoms with E-state index in [2.05, 4.69) is 25.6 Å². The minimum atomic E-state index is 0.538. The Morgan fingerprint density at radius 3 is 2.83 bits per heavy atom. The second-order valence-corrected chi connectivity index (χ2v) is 5.03. The van der Waals surface area contributed by atoms with Crippen molar-refractivity contribution in [1.29, 1.82) is 0 Å². The van der Waals surface area contributed by atoms with Crippen LogP contribution in [-0.2, 0) is 11.2 Å². The molecule has 8 heteroatoms. The van der Waals surface area contributed by atoms with Gasteiger partial charge in [0.2, 0.25) is 0 Å². The Morgan fingerprint density at radius 1 is 1.13 bits per heavy atom. The van der Waals surface area contributed by atoms with E-state index in [0.717, 1.165) is 22.5 Å². The number of ether oxygens (including phenoxy) is 1. The lowest BCUT2D eigenvalue weighted by Crippen LogP contribution is -2.10. The predicted molar refractivity (Wildman–Crippen MR) is 83.0 cm³/mol. The first-order valence-electron chi connectivity index (χ1n) is 7.46. The number of tetrazole rings is 1. The van der Waals surface area contributed by atoms with Gasteiger partial charge in [0.25, 0.3) is 5.78 Å². The summed E-state index contributed by atoms with van der Waals surface area (Å²) in [5, 5.41) is 16.3. The summed E-state index contributed by atoms with van der Waals surface area (Å²) in [6, 6.07) is 10.0. The number of aromatic nitrogens is 7. The van der Waals surface area contributed by atoms with Gasteiger partial charge in [0, 0.05) is 24.2 Å². The zero-order chi connectivity index (χ0) is 15.6. The minimum Gasteiger partial charge on any atom is -0.381 e. The fourth-order valence-electron chi connectivity index (χ4n) is 2.73. The normalized spacial score (nSPS) is 11.5. The lowest BCUT2D eigenvalue weighted by atomic mass is 10.0. The van der Waals surface area contributed by atoms with E-state index in [-0.39, 0.29) is 0 Å². The van der Waals surface area contributed by atoms with Crippen LogP contribution in [0.2, 0.25) is 0 Å². The summed E-state index contributed by atoms with van der Waals surface area (Å²) in [5.41, 5.74) is 3.72. The Hall–Kier alpha value is -2.87. The van der Waals surface area contributed by atoms with Gasteiger partial charge in [-0.15, -0.1) is 0 Å². The Kier molecular flexibility index (Phi) is 3.43. The van der Waals surface area contributed by atoms with Crippen LogP contribution in [0.25, 0.3) is 22.7 Å². The van der Waals surface area contributed by atoms with Crippen molar-refractivity contribution in [3.63, 3.8) is 0 Å². The molecule has 8 nitrogen and oxygen atoms in total. The summed E-state index contributed by atoms with van der Waals surface area (Å²) < 4.78 is 8.90. The average molecular weight is 309 g/mol. The SMILES string of the molecule is CCOCCc1c(-c2ccccc2)n2nnnc2n2ncnc12. The van der Waals surface area contributed by atoms with Gasteiger partial charge in [0.1, 0.15) is 6.33 Å². The second kappa shape index (κ2) is 5.73. The molecule has 0 spiro atoms. The Morgan fingerprint density at radius 2 is 2.00 bits per heavy atom. The van der Waals surface area contributed by atoms with Crippen molar-refractivity contribution >= 4 is 11.4 Å². The molecule has 116 valence electrons. The summed E-state index contributed by atoms with van der Waals surface area (Å²) in [6.07, 6.45) is 2.22. The van der Waals surface area contributed by atoms with Crippen LogP contribution in [0.1, 0.15) is 12.5 Å². The molecule has 3 heterocycles. The van der Waals surface area contributed by atoms with E-state index in [1.807, 2.05) is 37.3 Å². The van der Waals surface area contributed by atoms with E-state index in [4.69, 9.17) is 4.74 Å². The molecule has 0 N–H and O–H groups in total. The molecule has 3 aromatic heterocycles. The molecule has 23 heavy (non-hydrogen) atoms. The Labute approximate surface area is 131 Å². The van der Waals surface area contributed by atoms with Gasteiger partial charge in [-0.3, -0.25) is 0 Å². The highest BCUT2D eigenvalue weighted by Crippen LogP contribution is 2.27. The molecule has 4 aromatic rings. The molecule has 0 radical (unpaired) electrons. The summed E-state index contributed by atoms with van der Waals surface area (Å²) in [7, 11) is 0. The zero-order valence-corrected chi connectivity index (χ0v) is 12.6. The highest BCUT2D eigenvalue weighted by Gasteiger charge is 2.19. The molecule has 4 rings (SSSR count). The third kappa shape index (κ3) is 2.23. The van der Waals surface area contributed by atoms with E-state index >= 15 is 0 Å². The van der Waals surface area contributed by atoms with Crippen LogP contribution in [0.15, 0.2) is 36.7 Å². The molecular weight excluding hydrogens is 294 g/mol. The number of rotatable bonds is 5. The minimum absolute atomic E-state index is 0.538. The van der Waals surface area contributed by atoms with E-state index in [9.17, 15) is 0 Å². The molecule has 0 fully saturated rings. The third-order valence-electron chi connectivity index (χ3n) is 3.71. The molecule has 0 aliphatic rings. The van der Waals surface area contributed by atoms with Crippen molar-refractivity contribution in [3.05, 3.63) is 42.2 Å². The van der Waals surface area contributed by atoms with Gasteiger partial charge in [0.15, 0.2) is 5.65 Å². The van der Waals surface area contributed by atoms with Gasteiger partial charge in [-0.05, 0) is 17.4 Å². The third-order valence-corrected chi connectivity index (χ3v) is 3.71. The summed E-state index contributed by atoms with van der Waals surface area (Å²) in [5.74, 6) is 0.538. The number of fused-ring (bicyclic) bond motifs is 3. The molecule has 0 aliphatic heterocycles. The average Bonchev–Trinajstić information content (AvgIpc) is 3.24. The molecular formula is C15H15N7O. The van der Waals surface area contributed by atoms with Crippen LogP contribution in [0.3, 0.4) is 0 Å². The summed E-state index contributed by atoms with van der Waals surface area (Å²) in [6.45, 7) is 3.26. The van der Waals surface area contributed by atoms with Gasteiger partial charge >= 0.3 is 0 Å². The lowest BCUT2D eigenvalue weighted by molar-refractivity contribution is 0.151.